The molecule has 8 heteroatoms. The molecule has 1 aromatic carbocycles. The number of para-hydroxylation sites is 2. The van der Waals surface area contributed by atoms with Gasteiger partial charge in [0.1, 0.15) is 6.04 Å². The van der Waals surface area contributed by atoms with E-state index in [4.69, 9.17) is 15.2 Å². The third-order valence-electron chi connectivity index (χ3n) is 3.17. The van der Waals surface area contributed by atoms with Crippen LogP contribution in [0.15, 0.2) is 36.5 Å². The lowest BCUT2D eigenvalue weighted by atomic mass is 10.2. The van der Waals surface area contributed by atoms with E-state index in [0.29, 0.717) is 11.4 Å². The molecule has 1 aromatic heterocycles. The smallest absolute Gasteiger partial charge is 0.358 e. The highest BCUT2D eigenvalue weighted by Crippen LogP contribution is 2.20. The van der Waals surface area contributed by atoms with Gasteiger partial charge in [-0.3, -0.25) is 4.79 Å². The van der Waals surface area contributed by atoms with Gasteiger partial charge in [0.15, 0.2) is 5.69 Å². The number of hydrogen-bond donors (Lipinski definition) is 2. The Balaban J connectivity index is 2.23. The van der Waals surface area contributed by atoms with E-state index < -0.39 is 12.0 Å². The first kappa shape index (κ1) is 17.6. The molecule has 0 fully saturated rings. The molecular formula is C16H20N4O4. The van der Waals surface area contributed by atoms with Crippen molar-refractivity contribution < 1.29 is 19.1 Å². The molecule has 1 atom stereocenters. The van der Waals surface area contributed by atoms with Crippen molar-refractivity contribution in [1.82, 2.24) is 9.78 Å². The summed E-state index contributed by atoms with van der Waals surface area (Å²) in [5.41, 5.74) is 7.03. The third kappa shape index (κ3) is 4.18. The Kier molecular flexibility index (Phi) is 6.05. The molecule has 0 spiro atoms. The second-order valence-corrected chi connectivity index (χ2v) is 4.93. The normalized spacial score (nSPS) is 11.8. The Hall–Kier alpha value is -2.71. The Morgan fingerprint density at radius 1 is 1.33 bits per heavy atom. The van der Waals surface area contributed by atoms with Crippen molar-refractivity contribution in [3.63, 3.8) is 0 Å². The zero-order valence-electron chi connectivity index (χ0n) is 13.6. The first-order valence-corrected chi connectivity index (χ1v) is 7.44. The predicted molar refractivity (Wildman–Crippen MR) is 88.0 cm³/mol. The van der Waals surface area contributed by atoms with Gasteiger partial charge in [0.05, 0.1) is 24.6 Å². The molecule has 3 N–H and O–H groups in total. The second kappa shape index (κ2) is 8.23. The number of carbonyl (C=O) groups is 2. The molecule has 24 heavy (non-hydrogen) atoms. The van der Waals surface area contributed by atoms with Crippen molar-refractivity contribution in [3.05, 3.63) is 42.2 Å². The van der Waals surface area contributed by atoms with Crippen LogP contribution in [-0.2, 0) is 14.3 Å². The molecule has 0 aliphatic carbocycles. The largest absolute Gasteiger partial charge is 0.461 e. The van der Waals surface area contributed by atoms with Gasteiger partial charge in [0, 0.05) is 13.3 Å². The molecule has 1 unspecified atom stereocenters. The monoisotopic (exact) mass is 332 g/mol. The third-order valence-corrected chi connectivity index (χ3v) is 3.17. The topological polar surface area (TPSA) is 108 Å². The zero-order chi connectivity index (χ0) is 17.5. The van der Waals surface area contributed by atoms with E-state index in [2.05, 4.69) is 10.4 Å². The summed E-state index contributed by atoms with van der Waals surface area (Å²) in [6.07, 6.45) is 1.62. The number of benzene rings is 1. The zero-order valence-corrected chi connectivity index (χ0v) is 13.6. The van der Waals surface area contributed by atoms with Crippen molar-refractivity contribution in [1.29, 1.82) is 0 Å². The number of amides is 1. The lowest BCUT2D eigenvalue weighted by molar-refractivity contribution is -0.118. The van der Waals surface area contributed by atoms with E-state index >= 15 is 0 Å². The molecule has 1 amide bonds. The minimum atomic E-state index is -0.782. The highest BCUT2D eigenvalue weighted by Gasteiger charge is 2.16. The quantitative estimate of drug-likeness (QED) is 0.731. The fourth-order valence-electron chi connectivity index (χ4n) is 2.03. The average molecular weight is 332 g/mol. The molecule has 0 radical (unpaired) electrons. The van der Waals surface area contributed by atoms with Gasteiger partial charge < -0.3 is 20.5 Å². The summed E-state index contributed by atoms with van der Waals surface area (Å²) in [6, 6.07) is 7.82. The summed E-state index contributed by atoms with van der Waals surface area (Å²) in [5.74, 6) is -0.873. The standard InChI is InChI=1S/C16H20N4O4/c1-3-24-16(22)13-8-9-20(19-13)14-7-5-4-6-12(14)18-15(21)11(17)10-23-2/h4-9,11H,3,10,17H2,1-2H3,(H,18,21). The number of anilines is 1. The molecule has 1 heterocycles. The van der Waals surface area contributed by atoms with E-state index in [1.165, 1.54) is 11.8 Å². The van der Waals surface area contributed by atoms with Crippen LogP contribution < -0.4 is 11.1 Å². The molecule has 2 aromatic rings. The van der Waals surface area contributed by atoms with Crippen molar-refractivity contribution in [2.75, 3.05) is 25.6 Å². The van der Waals surface area contributed by atoms with Crippen molar-refractivity contribution in [2.45, 2.75) is 13.0 Å². The summed E-state index contributed by atoms with van der Waals surface area (Å²) < 4.78 is 11.3. The van der Waals surface area contributed by atoms with Crippen molar-refractivity contribution >= 4 is 17.6 Å². The van der Waals surface area contributed by atoms with Crippen LogP contribution >= 0.6 is 0 Å². The van der Waals surface area contributed by atoms with Crippen LogP contribution in [0.5, 0.6) is 0 Å². The molecule has 0 aliphatic heterocycles. The van der Waals surface area contributed by atoms with Crippen LogP contribution in [-0.4, -0.2) is 48.0 Å². The molecular weight excluding hydrogens is 312 g/mol. The predicted octanol–water partition coefficient (Wildman–Crippen LogP) is 0.961. The van der Waals surface area contributed by atoms with Gasteiger partial charge in [0.2, 0.25) is 5.91 Å². The van der Waals surface area contributed by atoms with Crippen molar-refractivity contribution in [3.8, 4) is 5.69 Å². The summed E-state index contributed by atoms with van der Waals surface area (Å²) in [7, 11) is 1.47. The maximum absolute atomic E-state index is 12.1. The second-order valence-electron chi connectivity index (χ2n) is 4.93. The Labute approximate surface area is 139 Å². The van der Waals surface area contributed by atoms with Gasteiger partial charge in [-0.05, 0) is 25.1 Å². The first-order chi connectivity index (χ1) is 11.6. The fraction of sp³-hybridized carbons (Fsp3) is 0.312. The molecule has 0 saturated heterocycles. The summed E-state index contributed by atoms with van der Waals surface area (Å²) in [6.45, 7) is 2.11. The van der Waals surface area contributed by atoms with Crippen LogP contribution in [0.2, 0.25) is 0 Å². The number of ether oxygens (including phenoxy) is 2. The number of carbonyl (C=O) groups excluding carboxylic acids is 2. The van der Waals surface area contributed by atoms with Crippen molar-refractivity contribution in [2.24, 2.45) is 5.73 Å². The van der Waals surface area contributed by atoms with Crippen LogP contribution in [0.3, 0.4) is 0 Å². The van der Waals surface area contributed by atoms with E-state index in [1.54, 1.807) is 43.5 Å². The first-order valence-electron chi connectivity index (χ1n) is 7.44. The lowest BCUT2D eigenvalue weighted by Crippen LogP contribution is -2.39. The number of hydrogen-bond acceptors (Lipinski definition) is 6. The Morgan fingerprint density at radius 2 is 2.08 bits per heavy atom. The summed E-state index contributed by atoms with van der Waals surface area (Å²) in [4.78, 5) is 23.8. The average Bonchev–Trinajstić information content (AvgIpc) is 3.05. The van der Waals surface area contributed by atoms with E-state index in [1.807, 2.05) is 0 Å². The maximum Gasteiger partial charge on any atom is 0.358 e. The number of methoxy groups -OCH3 is 1. The number of nitrogens with zero attached hydrogens (tertiary/aromatic N) is 2. The molecule has 128 valence electrons. The molecule has 0 bridgehead atoms. The van der Waals surface area contributed by atoms with E-state index in [0.717, 1.165) is 0 Å². The maximum atomic E-state index is 12.1. The highest BCUT2D eigenvalue weighted by atomic mass is 16.5. The lowest BCUT2D eigenvalue weighted by Gasteiger charge is -2.14. The molecule has 8 nitrogen and oxygen atoms in total. The van der Waals surface area contributed by atoms with Crippen LogP contribution in [0.4, 0.5) is 5.69 Å². The fourth-order valence-corrected chi connectivity index (χ4v) is 2.03. The van der Waals surface area contributed by atoms with Gasteiger partial charge in [-0.15, -0.1) is 0 Å². The highest BCUT2D eigenvalue weighted by molar-refractivity contribution is 5.96. The van der Waals surface area contributed by atoms with Gasteiger partial charge in [-0.2, -0.15) is 5.10 Å². The number of aromatic nitrogens is 2. The van der Waals surface area contributed by atoms with Gasteiger partial charge in [0.25, 0.3) is 0 Å². The minimum absolute atomic E-state index is 0.114. The van der Waals surface area contributed by atoms with Crippen LogP contribution in [0.1, 0.15) is 17.4 Å². The Bertz CT molecular complexity index is 714. The SMILES string of the molecule is CCOC(=O)c1ccn(-c2ccccc2NC(=O)C(N)COC)n1. The summed E-state index contributed by atoms with van der Waals surface area (Å²) >= 11 is 0. The summed E-state index contributed by atoms with van der Waals surface area (Å²) in [5, 5.41) is 6.92. The van der Waals surface area contributed by atoms with Crippen LogP contribution in [0.25, 0.3) is 5.69 Å². The molecule has 2 rings (SSSR count). The molecule has 0 saturated carbocycles. The number of esters is 1. The van der Waals surface area contributed by atoms with Crippen LogP contribution in [0, 0.1) is 0 Å². The van der Waals surface area contributed by atoms with E-state index in [9.17, 15) is 9.59 Å². The minimum Gasteiger partial charge on any atom is -0.461 e. The van der Waals surface area contributed by atoms with Gasteiger partial charge >= 0.3 is 5.97 Å². The van der Waals surface area contributed by atoms with E-state index in [-0.39, 0.29) is 24.8 Å². The number of rotatable bonds is 7. The van der Waals surface area contributed by atoms with Gasteiger partial charge in [-0.25, -0.2) is 9.48 Å². The molecule has 0 aliphatic rings. The number of nitrogens with one attached hydrogen (secondary N) is 1. The van der Waals surface area contributed by atoms with Gasteiger partial charge in [-0.1, -0.05) is 12.1 Å². The Morgan fingerprint density at radius 3 is 2.79 bits per heavy atom. The number of nitrogens with two attached hydrogens (primary N) is 1.